The van der Waals surface area contributed by atoms with E-state index in [2.05, 4.69) is 15.0 Å². The number of nitrogens with one attached hydrogen (secondary N) is 1. The van der Waals surface area contributed by atoms with E-state index in [1.165, 1.54) is 0 Å². The molecule has 0 bridgehead atoms. The van der Waals surface area contributed by atoms with Crippen LogP contribution in [0.25, 0.3) is 11.2 Å². The SMILES string of the molecule is Cc1ccc2[nH]c(COc3ccccc3N)nc2n1. The number of nitrogen functional groups attached to an aromatic ring is 1. The van der Waals surface area contributed by atoms with Gasteiger partial charge in [0.15, 0.2) is 5.65 Å². The third-order valence-corrected chi connectivity index (χ3v) is 2.82. The number of rotatable bonds is 3. The highest BCUT2D eigenvalue weighted by atomic mass is 16.5. The van der Waals surface area contributed by atoms with Crippen LogP contribution in [0.4, 0.5) is 5.69 Å². The summed E-state index contributed by atoms with van der Waals surface area (Å²) in [6.45, 7) is 2.28. The van der Waals surface area contributed by atoms with Gasteiger partial charge in [0.2, 0.25) is 0 Å². The van der Waals surface area contributed by atoms with E-state index in [1.807, 2.05) is 37.3 Å². The number of benzene rings is 1. The maximum Gasteiger partial charge on any atom is 0.178 e. The second kappa shape index (κ2) is 4.61. The summed E-state index contributed by atoms with van der Waals surface area (Å²) in [7, 11) is 0. The highest BCUT2D eigenvalue weighted by molar-refractivity contribution is 5.70. The maximum absolute atomic E-state index is 5.81. The molecular formula is C14H14N4O. The van der Waals surface area contributed by atoms with Crippen LogP contribution in [0, 0.1) is 6.92 Å². The van der Waals surface area contributed by atoms with Crippen LogP contribution in [0.5, 0.6) is 5.75 Å². The first-order valence-corrected chi connectivity index (χ1v) is 6.02. The number of ether oxygens (including phenoxy) is 1. The Bertz CT molecular complexity index is 720. The Kier molecular flexibility index (Phi) is 2.79. The molecule has 96 valence electrons. The van der Waals surface area contributed by atoms with E-state index in [0.717, 1.165) is 17.0 Å². The fraction of sp³-hybridized carbons (Fsp3) is 0.143. The van der Waals surface area contributed by atoms with Gasteiger partial charge in [-0.05, 0) is 31.2 Å². The number of nitrogens with zero attached hydrogens (tertiary/aromatic N) is 2. The summed E-state index contributed by atoms with van der Waals surface area (Å²) in [5, 5.41) is 0. The van der Waals surface area contributed by atoms with Gasteiger partial charge in [-0.2, -0.15) is 0 Å². The van der Waals surface area contributed by atoms with Crippen molar-refractivity contribution in [1.29, 1.82) is 0 Å². The molecule has 5 heteroatoms. The molecule has 0 aliphatic carbocycles. The molecule has 3 rings (SSSR count). The number of pyridine rings is 1. The molecule has 0 saturated carbocycles. The van der Waals surface area contributed by atoms with Crippen molar-refractivity contribution in [2.45, 2.75) is 13.5 Å². The van der Waals surface area contributed by atoms with Crippen molar-refractivity contribution in [3.8, 4) is 5.75 Å². The predicted octanol–water partition coefficient (Wildman–Crippen LogP) is 2.43. The lowest BCUT2D eigenvalue weighted by Crippen LogP contribution is -1.99. The average molecular weight is 254 g/mol. The fourth-order valence-electron chi connectivity index (χ4n) is 1.86. The minimum atomic E-state index is 0.337. The summed E-state index contributed by atoms with van der Waals surface area (Å²) in [6, 6.07) is 11.3. The minimum absolute atomic E-state index is 0.337. The average Bonchev–Trinajstić information content (AvgIpc) is 2.79. The van der Waals surface area contributed by atoms with E-state index >= 15 is 0 Å². The number of fused-ring (bicyclic) bond motifs is 1. The lowest BCUT2D eigenvalue weighted by atomic mass is 10.3. The molecule has 0 radical (unpaired) electrons. The lowest BCUT2D eigenvalue weighted by Gasteiger charge is -2.06. The highest BCUT2D eigenvalue weighted by Gasteiger charge is 2.05. The van der Waals surface area contributed by atoms with Gasteiger partial charge in [-0.15, -0.1) is 0 Å². The van der Waals surface area contributed by atoms with Gasteiger partial charge in [-0.3, -0.25) is 0 Å². The fourth-order valence-corrected chi connectivity index (χ4v) is 1.86. The van der Waals surface area contributed by atoms with Gasteiger partial charge in [0.25, 0.3) is 0 Å². The number of anilines is 1. The molecule has 5 nitrogen and oxygen atoms in total. The number of hydrogen-bond donors (Lipinski definition) is 2. The van der Waals surface area contributed by atoms with Crippen LogP contribution < -0.4 is 10.5 Å². The standard InChI is InChI=1S/C14H14N4O/c1-9-6-7-11-14(16-9)18-13(17-11)8-19-12-5-3-2-4-10(12)15/h2-7H,8,15H2,1H3,(H,16,17,18). The number of H-pyrrole nitrogens is 1. The zero-order valence-corrected chi connectivity index (χ0v) is 10.6. The smallest absolute Gasteiger partial charge is 0.178 e. The van der Waals surface area contributed by atoms with Crippen LogP contribution in [0.15, 0.2) is 36.4 Å². The molecule has 2 aromatic heterocycles. The Morgan fingerprint density at radius 1 is 1.16 bits per heavy atom. The molecule has 19 heavy (non-hydrogen) atoms. The molecule has 0 spiro atoms. The van der Waals surface area contributed by atoms with Gasteiger partial charge in [0.05, 0.1) is 11.2 Å². The molecular weight excluding hydrogens is 240 g/mol. The van der Waals surface area contributed by atoms with Crippen LogP contribution in [0.1, 0.15) is 11.5 Å². The van der Waals surface area contributed by atoms with Crippen LogP contribution in [-0.4, -0.2) is 15.0 Å². The molecule has 0 fully saturated rings. The summed E-state index contributed by atoms with van der Waals surface area (Å²) >= 11 is 0. The number of aromatic nitrogens is 3. The van der Waals surface area contributed by atoms with E-state index in [9.17, 15) is 0 Å². The van der Waals surface area contributed by atoms with E-state index in [4.69, 9.17) is 10.5 Å². The maximum atomic E-state index is 5.81. The van der Waals surface area contributed by atoms with Crippen molar-refractivity contribution < 1.29 is 4.74 Å². The normalized spacial score (nSPS) is 10.8. The van der Waals surface area contributed by atoms with Crippen LogP contribution >= 0.6 is 0 Å². The third kappa shape index (κ3) is 2.35. The monoisotopic (exact) mass is 254 g/mol. The summed E-state index contributed by atoms with van der Waals surface area (Å²) in [5.74, 6) is 1.39. The zero-order valence-electron chi connectivity index (χ0n) is 10.6. The first-order chi connectivity index (χ1) is 9.22. The molecule has 1 aromatic carbocycles. The van der Waals surface area contributed by atoms with Crippen molar-refractivity contribution in [2.24, 2.45) is 0 Å². The van der Waals surface area contributed by atoms with E-state index in [0.29, 0.717) is 23.7 Å². The number of imidazole rings is 1. The van der Waals surface area contributed by atoms with Crippen LogP contribution in [0.3, 0.4) is 0 Å². The first-order valence-electron chi connectivity index (χ1n) is 6.02. The van der Waals surface area contributed by atoms with Crippen molar-refractivity contribution in [2.75, 3.05) is 5.73 Å². The number of aryl methyl sites for hydroxylation is 1. The number of para-hydroxylation sites is 2. The van der Waals surface area contributed by atoms with E-state index in [-0.39, 0.29) is 0 Å². The molecule has 0 aliphatic heterocycles. The largest absolute Gasteiger partial charge is 0.484 e. The Morgan fingerprint density at radius 3 is 2.84 bits per heavy atom. The number of nitrogens with two attached hydrogens (primary N) is 1. The van der Waals surface area contributed by atoms with Gasteiger partial charge >= 0.3 is 0 Å². The van der Waals surface area contributed by atoms with Crippen molar-refractivity contribution in [1.82, 2.24) is 15.0 Å². The Morgan fingerprint density at radius 2 is 2.00 bits per heavy atom. The first kappa shape index (κ1) is 11.5. The molecule has 0 atom stereocenters. The summed E-state index contributed by atoms with van der Waals surface area (Å²) in [5.41, 5.74) is 8.99. The van der Waals surface area contributed by atoms with Crippen LogP contribution in [-0.2, 0) is 6.61 Å². The molecule has 2 heterocycles. The van der Waals surface area contributed by atoms with Gasteiger partial charge in [0.1, 0.15) is 18.2 Å². The topological polar surface area (TPSA) is 76.8 Å². The second-order valence-electron chi connectivity index (χ2n) is 4.33. The molecule has 0 amide bonds. The van der Waals surface area contributed by atoms with Gasteiger partial charge < -0.3 is 15.5 Å². The number of hydrogen-bond acceptors (Lipinski definition) is 4. The molecule has 3 aromatic rings. The van der Waals surface area contributed by atoms with Crippen molar-refractivity contribution in [3.05, 3.63) is 47.9 Å². The summed E-state index contributed by atoms with van der Waals surface area (Å²) in [6.07, 6.45) is 0. The third-order valence-electron chi connectivity index (χ3n) is 2.82. The highest BCUT2D eigenvalue weighted by Crippen LogP contribution is 2.21. The summed E-state index contributed by atoms with van der Waals surface area (Å²) in [4.78, 5) is 11.9. The number of aromatic amines is 1. The molecule has 0 unspecified atom stereocenters. The quantitative estimate of drug-likeness (QED) is 0.704. The Labute approximate surface area is 110 Å². The van der Waals surface area contributed by atoms with Crippen molar-refractivity contribution >= 4 is 16.9 Å². The minimum Gasteiger partial charge on any atom is -0.484 e. The lowest BCUT2D eigenvalue weighted by molar-refractivity contribution is 0.299. The van der Waals surface area contributed by atoms with E-state index < -0.39 is 0 Å². The summed E-state index contributed by atoms with van der Waals surface area (Å²) < 4.78 is 5.64. The van der Waals surface area contributed by atoms with Crippen LogP contribution in [0.2, 0.25) is 0 Å². The Hall–Kier alpha value is -2.56. The predicted molar refractivity (Wildman–Crippen MR) is 73.8 cm³/mol. The van der Waals surface area contributed by atoms with Crippen molar-refractivity contribution in [3.63, 3.8) is 0 Å². The second-order valence-corrected chi connectivity index (χ2v) is 4.33. The van der Waals surface area contributed by atoms with Gasteiger partial charge in [-0.25, -0.2) is 9.97 Å². The zero-order chi connectivity index (χ0) is 13.2. The Balaban J connectivity index is 1.80. The molecule has 0 aliphatic rings. The molecule has 3 N–H and O–H groups in total. The molecule has 0 saturated heterocycles. The van der Waals surface area contributed by atoms with Gasteiger partial charge in [0, 0.05) is 5.69 Å². The van der Waals surface area contributed by atoms with E-state index in [1.54, 1.807) is 6.07 Å². The van der Waals surface area contributed by atoms with Gasteiger partial charge in [-0.1, -0.05) is 12.1 Å².